The molecule has 3 rings (SSSR count). The van der Waals surface area contributed by atoms with Crippen LogP contribution in [0.5, 0.6) is 11.5 Å². The van der Waals surface area contributed by atoms with Gasteiger partial charge >= 0.3 is 5.63 Å². The first-order valence-corrected chi connectivity index (χ1v) is 8.71. The molecular formula is C21H23NO5. The molecular weight excluding hydrogens is 346 g/mol. The summed E-state index contributed by atoms with van der Waals surface area (Å²) in [6.07, 6.45) is -0.725. The predicted octanol–water partition coefficient (Wildman–Crippen LogP) is 3.27. The van der Waals surface area contributed by atoms with Crippen LogP contribution in [0.25, 0.3) is 11.0 Å². The summed E-state index contributed by atoms with van der Waals surface area (Å²) in [6.45, 7) is 4.04. The Hall–Kier alpha value is -2.99. The second kappa shape index (κ2) is 8.14. The van der Waals surface area contributed by atoms with E-state index in [1.807, 2.05) is 37.3 Å². The fourth-order valence-electron chi connectivity index (χ4n) is 2.79. The van der Waals surface area contributed by atoms with Crippen LogP contribution in [-0.2, 0) is 0 Å². The van der Waals surface area contributed by atoms with Crippen LogP contribution in [0.15, 0.2) is 51.7 Å². The summed E-state index contributed by atoms with van der Waals surface area (Å²) < 4.78 is 16.2. The van der Waals surface area contributed by atoms with Crippen LogP contribution in [0.1, 0.15) is 11.1 Å². The number of nitrogens with one attached hydrogen (secondary N) is 1. The first-order chi connectivity index (χ1) is 13.0. The van der Waals surface area contributed by atoms with E-state index in [2.05, 4.69) is 5.32 Å². The van der Waals surface area contributed by atoms with Gasteiger partial charge in [-0.15, -0.1) is 0 Å². The van der Waals surface area contributed by atoms with Gasteiger partial charge in [0, 0.05) is 23.6 Å². The zero-order chi connectivity index (χ0) is 19.4. The fourth-order valence-corrected chi connectivity index (χ4v) is 2.79. The summed E-state index contributed by atoms with van der Waals surface area (Å²) in [5, 5.41) is 14.2. The second-order valence-electron chi connectivity index (χ2n) is 6.34. The van der Waals surface area contributed by atoms with Crippen molar-refractivity contribution in [3.63, 3.8) is 0 Å². The van der Waals surface area contributed by atoms with Gasteiger partial charge in [0.25, 0.3) is 0 Å². The van der Waals surface area contributed by atoms with E-state index in [-0.39, 0.29) is 12.2 Å². The van der Waals surface area contributed by atoms with Gasteiger partial charge in [0.1, 0.15) is 29.8 Å². The molecule has 27 heavy (non-hydrogen) atoms. The summed E-state index contributed by atoms with van der Waals surface area (Å²) >= 11 is 0. The molecule has 1 heterocycles. The van der Waals surface area contributed by atoms with Crippen LogP contribution >= 0.6 is 0 Å². The third kappa shape index (κ3) is 4.23. The van der Waals surface area contributed by atoms with E-state index in [4.69, 9.17) is 13.9 Å². The van der Waals surface area contributed by atoms with Crippen molar-refractivity contribution in [1.82, 2.24) is 0 Å². The smallest absolute Gasteiger partial charge is 0.339 e. The molecule has 0 amide bonds. The molecule has 1 aromatic heterocycles. The molecule has 0 saturated carbocycles. The molecule has 0 bridgehead atoms. The average molecular weight is 369 g/mol. The van der Waals surface area contributed by atoms with Gasteiger partial charge in [-0.25, -0.2) is 4.79 Å². The van der Waals surface area contributed by atoms with E-state index < -0.39 is 6.10 Å². The Morgan fingerprint density at radius 2 is 1.93 bits per heavy atom. The zero-order valence-corrected chi connectivity index (χ0v) is 15.6. The fraction of sp³-hybridized carbons (Fsp3) is 0.286. The molecule has 0 radical (unpaired) electrons. The van der Waals surface area contributed by atoms with E-state index in [1.165, 1.54) is 0 Å². The number of hydrogen-bond acceptors (Lipinski definition) is 6. The van der Waals surface area contributed by atoms with E-state index >= 15 is 0 Å². The molecule has 6 heteroatoms. The molecule has 0 saturated heterocycles. The van der Waals surface area contributed by atoms with Crippen molar-refractivity contribution in [2.45, 2.75) is 20.0 Å². The predicted molar refractivity (Wildman–Crippen MR) is 105 cm³/mol. The number of fused-ring (bicyclic) bond motifs is 1. The number of hydrogen-bond donors (Lipinski definition) is 2. The van der Waals surface area contributed by atoms with Crippen molar-refractivity contribution in [1.29, 1.82) is 0 Å². The van der Waals surface area contributed by atoms with Gasteiger partial charge in [0.05, 0.1) is 12.8 Å². The maximum atomic E-state index is 11.8. The highest BCUT2D eigenvalue weighted by molar-refractivity contribution is 5.82. The Bertz CT molecular complexity index is 996. The number of ether oxygens (including phenoxy) is 2. The lowest BCUT2D eigenvalue weighted by Crippen LogP contribution is -2.26. The molecule has 0 aliphatic rings. The molecule has 142 valence electrons. The van der Waals surface area contributed by atoms with Crippen molar-refractivity contribution in [2.24, 2.45) is 0 Å². The number of aryl methyl sites for hydroxylation is 1. The van der Waals surface area contributed by atoms with Crippen molar-refractivity contribution in [3.05, 3.63) is 64.0 Å². The van der Waals surface area contributed by atoms with Crippen LogP contribution in [0.4, 0.5) is 5.69 Å². The quantitative estimate of drug-likeness (QED) is 0.622. The first-order valence-electron chi connectivity index (χ1n) is 8.71. The van der Waals surface area contributed by atoms with Crippen LogP contribution in [0.2, 0.25) is 0 Å². The number of aliphatic hydroxyl groups is 1. The van der Waals surface area contributed by atoms with Crippen LogP contribution in [0, 0.1) is 13.8 Å². The Labute approximate surface area is 157 Å². The van der Waals surface area contributed by atoms with E-state index in [0.717, 1.165) is 16.6 Å². The number of anilines is 1. The van der Waals surface area contributed by atoms with Gasteiger partial charge in [-0.3, -0.25) is 0 Å². The summed E-state index contributed by atoms with van der Waals surface area (Å²) in [5.74, 6) is 1.24. The number of rotatable bonds is 7. The molecule has 0 spiro atoms. The first kappa shape index (κ1) is 18.8. The van der Waals surface area contributed by atoms with Crippen molar-refractivity contribution >= 4 is 16.7 Å². The molecule has 6 nitrogen and oxygen atoms in total. The Balaban J connectivity index is 1.62. The maximum Gasteiger partial charge on any atom is 0.339 e. The summed E-state index contributed by atoms with van der Waals surface area (Å²) in [7, 11) is 1.60. The minimum atomic E-state index is -0.725. The summed E-state index contributed by atoms with van der Waals surface area (Å²) in [5.41, 5.74) is 2.43. The van der Waals surface area contributed by atoms with Gasteiger partial charge in [0.2, 0.25) is 0 Å². The minimum Gasteiger partial charge on any atom is -0.495 e. The van der Waals surface area contributed by atoms with Gasteiger partial charge in [-0.1, -0.05) is 12.1 Å². The minimum absolute atomic E-state index is 0.0999. The van der Waals surface area contributed by atoms with E-state index in [9.17, 15) is 9.90 Å². The molecule has 1 atom stereocenters. The third-order valence-corrected chi connectivity index (χ3v) is 4.51. The van der Waals surface area contributed by atoms with Crippen LogP contribution in [-0.4, -0.2) is 31.5 Å². The molecule has 2 N–H and O–H groups in total. The van der Waals surface area contributed by atoms with Crippen LogP contribution < -0.4 is 20.4 Å². The summed E-state index contributed by atoms with van der Waals surface area (Å²) in [6, 6.07) is 12.8. The van der Waals surface area contributed by atoms with Gasteiger partial charge in [-0.05, 0) is 43.7 Å². The Morgan fingerprint density at radius 1 is 1.15 bits per heavy atom. The topological polar surface area (TPSA) is 80.9 Å². The number of benzene rings is 2. The lowest BCUT2D eigenvalue weighted by Gasteiger charge is -2.16. The SMILES string of the molecule is COc1ccccc1NC[C@@H](O)COc1ccc2c(C)c(C)c(=O)oc2c1. The van der Waals surface area contributed by atoms with E-state index in [1.54, 1.807) is 26.2 Å². The number of para-hydroxylation sites is 2. The lowest BCUT2D eigenvalue weighted by atomic mass is 10.1. The highest BCUT2D eigenvalue weighted by Gasteiger charge is 2.11. The molecule has 0 unspecified atom stereocenters. The molecule has 3 aromatic rings. The normalized spacial score (nSPS) is 12.0. The van der Waals surface area contributed by atoms with Gasteiger partial charge in [-0.2, -0.15) is 0 Å². The van der Waals surface area contributed by atoms with Gasteiger partial charge in [0.15, 0.2) is 0 Å². The Morgan fingerprint density at radius 3 is 2.70 bits per heavy atom. The lowest BCUT2D eigenvalue weighted by molar-refractivity contribution is 0.117. The van der Waals surface area contributed by atoms with Crippen LogP contribution in [0.3, 0.4) is 0 Å². The highest BCUT2D eigenvalue weighted by Crippen LogP contribution is 2.24. The largest absolute Gasteiger partial charge is 0.495 e. The van der Waals surface area contributed by atoms with E-state index in [0.29, 0.717) is 29.2 Å². The Kier molecular flexibility index (Phi) is 5.66. The maximum absolute atomic E-state index is 11.8. The highest BCUT2D eigenvalue weighted by atomic mass is 16.5. The molecule has 2 aromatic carbocycles. The molecule has 0 aliphatic heterocycles. The monoisotopic (exact) mass is 369 g/mol. The zero-order valence-electron chi connectivity index (χ0n) is 15.6. The van der Waals surface area contributed by atoms with Gasteiger partial charge < -0.3 is 24.3 Å². The molecule has 0 aliphatic carbocycles. The number of aliphatic hydroxyl groups excluding tert-OH is 1. The molecule has 0 fully saturated rings. The third-order valence-electron chi connectivity index (χ3n) is 4.51. The number of methoxy groups -OCH3 is 1. The summed E-state index contributed by atoms with van der Waals surface area (Å²) in [4.78, 5) is 11.8. The standard InChI is InChI=1S/C21H23NO5/c1-13-14(2)21(24)27-20-10-16(8-9-17(13)20)26-12-15(23)11-22-18-6-4-5-7-19(18)25-3/h4-10,15,22-23H,11-12H2,1-3H3/t15-/m1/s1. The average Bonchev–Trinajstić information content (AvgIpc) is 2.69. The van der Waals surface area contributed by atoms with Crippen molar-refractivity contribution in [3.8, 4) is 11.5 Å². The second-order valence-corrected chi connectivity index (χ2v) is 6.34. The van der Waals surface area contributed by atoms with Crippen molar-refractivity contribution < 1.29 is 19.0 Å². The van der Waals surface area contributed by atoms with Crippen molar-refractivity contribution in [2.75, 3.05) is 25.6 Å².